The summed E-state index contributed by atoms with van der Waals surface area (Å²) in [6, 6.07) is 8.10. The van der Waals surface area contributed by atoms with Crippen LogP contribution in [0.5, 0.6) is 11.5 Å². The van der Waals surface area contributed by atoms with Crippen LogP contribution in [0.1, 0.15) is 18.9 Å². The Morgan fingerprint density at radius 3 is 2.43 bits per heavy atom. The van der Waals surface area contributed by atoms with Gasteiger partial charge in [0.1, 0.15) is 23.1 Å². The Kier molecular flexibility index (Phi) is 5.15. The number of hydrogen-bond acceptors (Lipinski definition) is 2. The molecule has 0 aliphatic carbocycles. The molecule has 0 saturated heterocycles. The van der Waals surface area contributed by atoms with Crippen molar-refractivity contribution in [2.45, 2.75) is 25.8 Å². The molecule has 0 radical (unpaired) electrons. The van der Waals surface area contributed by atoms with Gasteiger partial charge < -0.3 is 10.5 Å². The molecule has 0 heterocycles. The quantitative estimate of drug-likeness (QED) is 0.869. The molecule has 112 valence electrons. The molecule has 0 amide bonds. The maximum absolute atomic E-state index is 13.2. The van der Waals surface area contributed by atoms with E-state index in [9.17, 15) is 8.78 Å². The lowest BCUT2D eigenvalue weighted by atomic mass is 10.0. The van der Waals surface area contributed by atoms with Gasteiger partial charge in [-0.2, -0.15) is 0 Å². The van der Waals surface area contributed by atoms with E-state index >= 15 is 0 Å². The van der Waals surface area contributed by atoms with Gasteiger partial charge in [0.15, 0.2) is 0 Å². The number of halogens is 3. The molecule has 1 unspecified atom stereocenters. The SMILES string of the molecule is CCC(N)Cc1cc(Cl)ccc1Oc1cc(F)cc(F)c1. The van der Waals surface area contributed by atoms with Crippen molar-refractivity contribution >= 4 is 11.6 Å². The van der Waals surface area contributed by atoms with Gasteiger partial charge in [-0.15, -0.1) is 0 Å². The molecule has 2 nitrogen and oxygen atoms in total. The van der Waals surface area contributed by atoms with Crippen LogP contribution in [-0.2, 0) is 6.42 Å². The third-order valence-corrected chi connectivity index (χ3v) is 3.33. The summed E-state index contributed by atoms with van der Waals surface area (Å²) in [4.78, 5) is 0. The molecule has 2 aromatic rings. The van der Waals surface area contributed by atoms with E-state index in [2.05, 4.69) is 0 Å². The zero-order valence-electron chi connectivity index (χ0n) is 11.6. The molecule has 2 aromatic carbocycles. The fourth-order valence-corrected chi connectivity index (χ4v) is 2.14. The van der Waals surface area contributed by atoms with E-state index < -0.39 is 11.6 Å². The van der Waals surface area contributed by atoms with Gasteiger partial charge in [0, 0.05) is 29.3 Å². The van der Waals surface area contributed by atoms with Crippen molar-refractivity contribution in [2.24, 2.45) is 5.73 Å². The Bertz CT molecular complexity index is 613. The Hall–Kier alpha value is -1.65. The van der Waals surface area contributed by atoms with Gasteiger partial charge in [-0.1, -0.05) is 18.5 Å². The largest absolute Gasteiger partial charge is 0.457 e. The highest BCUT2D eigenvalue weighted by Gasteiger charge is 2.11. The van der Waals surface area contributed by atoms with Crippen LogP contribution in [0.25, 0.3) is 0 Å². The van der Waals surface area contributed by atoms with Crippen molar-refractivity contribution in [3.63, 3.8) is 0 Å². The van der Waals surface area contributed by atoms with Crippen molar-refractivity contribution in [1.29, 1.82) is 0 Å². The summed E-state index contributed by atoms with van der Waals surface area (Å²) < 4.78 is 32.0. The van der Waals surface area contributed by atoms with Gasteiger partial charge in [0.2, 0.25) is 0 Å². The van der Waals surface area contributed by atoms with Gasteiger partial charge in [-0.25, -0.2) is 8.78 Å². The highest BCUT2D eigenvalue weighted by molar-refractivity contribution is 6.30. The monoisotopic (exact) mass is 311 g/mol. The first-order valence-electron chi connectivity index (χ1n) is 6.66. The maximum Gasteiger partial charge on any atom is 0.133 e. The van der Waals surface area contributed by atoms with E-state index in [-0.39, 0.29) is 11.8 Å². The van der Waals surface area contributed by atoms with Crippen molar-refractivity contribution in [3.05, 3.63) is 58.6 Å². The lowest BCUT2D eigenvalue weighted by Gasteiger charge is -2.14. The van der Waals surface area contributed by atoms with E-state index in [0.29, 0.717) is 17.2 Å². The Balaban J connectivity index is 2.30. The Morgan fingerprint density at radius 1 is 1.14 bits per heavy atom. The molecular weight excluding hydrogens is 296 g/mol. The third kappa shape index (κ3) is 4.41. The summed E-state index contributed by atoms with van der Waals surface area (Å²) in [6.07, 6.45) is 1.38. The van der Waals surface area contributed by atoms with Gasteiger partial charge in [-0.05, 0) is 36.6 Å². The Morgan fingerprint density at radius 2 is 1.81 bits per heavy atom. The highest BCUT2D eigenvalue weighted by atomic mass is 35.5. The standard InChI is InChI=1S/C16H16ClF2NO/c1-2-14(20)6-10-5-11(17)3-4-16(10)21-15-8-12(18)7-13(19)9-15/h3-5,7-9,14H,2,6,20H2,1H3. The fourth-order valence-electron chi connectivity index (χ4n) is 1.95. The minimum absolute atomic E-state index is 0.0323. The van der Waals surface area contributed by atoms with E-state index in [1.807, 2.05) is 6.92 Å². The molecule has 0 fully saturated rings. The summed E-state index contributed by atoms with van der Waals surface area (Å²) in [5.74, 6) is -0.786. The molecule has 2 rings (SSSR count). The van der Waals surface area contributed by atoms with Crippen LogP contribution in [0.4, 0.5) is 8.78 Å². The molecule has 5 heteroatoms. The van der Waals surface area contributed by atoms with Gasteiger partial charge in [-0.3, -0.25) is 0 Å². The van der Waals surface area contributed by atoms with Crippen LogP contribution in [0.3, 0.4) is 0 Å². The van der Waals surface area contributed by atoms with Gasteiger partial charge in [0.05, 0.1) is 0 Å². The van der Waals surface area contributed by atoms with Gasteiger partial charge >= 0.3 is 0 Å². The molecular formula is C16H16ClF2NO. The topological polar surface area (TPSA) is 35.2 Å². The maximum atomic E-state index is 13.2. The molecule has 0 aliphatic heterocycles. The average molecular weight is 312 g/mol. The minimum atomic E-state index is -0.689. The van der Waals surface area contributed by atoms with Gasteiger partial charge in [0.25, 0.3) is 0 Å². The zero-order chi connectivity index (χ0) is 15.4. The van der Waals surface area contributed by atoms with Crippen LogP contribution in [-0.4, -0.2) is 6.04 Å². The average Bonchev–Trinajstić information content (AvgIpc) is 2.40. The normalized spacial score (nSPS) is 12.2. The second-order valence-electron chi connectivity index (χ2n) is 4.83. The van der Waals surface area contributed by atoms with E-state index in [0.717, 1.165) is 30.2 Å². The van der Waals surface area contributed by atoms with Crippen LogP contribution >= 0.6 is 11.6 Å². The molecule has 21 heavy (non-hydrogen) atoms. The lowest BCUT2D eigenvalue weighted by molar-refractivity contribution is 0.459. The third-order valence-electron chi connectivity index (χ3n) is 3.09. The number of benzene rings is 2. The zero-order valence-corrected chi connectivity index (χ0v) is 12.3. The molecule has 2 N–H and O–H groups in total. The number of hydrogen-bond donors (Lipinski definition) is 1. The second-order valence-corrected chi connectivity index (χ2v) is 5.27. The van der Waals surface area contributed by atoms with Crippen molar-refractivity contribution in [3.8, 4) is 11.5 Å². The molecule has 0 aromatic heterocycles. The number of ether oxygens (including phenoxy) is 1. The molecule has 0 bridgehead atoms. The Labute approximate surface area is 127 Å². The summed E-state index contributed by atoms with van der Waals surface area (Å²) in [6.45, 7) is 1.98. The highest BCUT2D eigenvalue weighted by Crippen LogP contribution is 2.29. The number of rotatable bonds is 5. The lowest BCUT2D eigenvalue weighted by Crippen LogP contribution is -2.21. The second kappa shape index (κ2) is 6.87. The predicted molar refractivity (Wildman–Crippen MR) is 79.9 cm³/mol. The first-order chi connectivity index (χ1) is 9.97. The summed E-state index contributed by atoms with van der Waals surface area (Å²) in [7, 11) is 0. The first kappa shape index (κ1) is 15.7. The van der Waals surface area contributed by atoms with E-state index in [1.165, 1.54) is 0 Å². The smallest absolute Gasteiger partial charge is 0.133 e. The number of nitrogens with two attached hydrogens (primary N) is 1. The van der Waals surface area contributed by atoms with Crippen molar-refractivity contribution in [2.75, 3.05) is 0 Å². The summed E-state index contributed by atoms with van der Waals surface area (Å²) >= 11 is 5.98. The van der Waals surface area contributed by atoms with Crippen molar-refractivity contribution < 1.29 is 13.5 Å². The van der Waals surface area contributed by atoms with E-state index in [4.69, 9.17) is 22.1 Å². The minimum Gasteiger partial charge on any atom is -0.457 e. The van der Waals surface area contributed by atoms with Crippen LogP contribution in [0, 0.1) is 11.6 Å². The predicted octanol–water partition coefficient (Wildman–Crippen LogP) is 4.69. The summed E-state index contributed by atoms with van der Waals surface area (Å²) in [5, 5.41) is 0.561. The summed E-state index contributed by atoms with van der Waals surface area (Å²) in [5.41, 5.74) is 6.75. The molecule has 0 saturated carbocycles. The molecule has 0 aliphatic rings. The van der Waals surface area contributed by atoms with Crippen LogP contribution in [0.2, 0.25) is 5.02 Å². The van der Waals surface area contributed by atoms with Crippen LogP contribution < -0.4 is 10.5 Å². The van der Waals surface area contributed by atoms with Crippen LogP contribution in [0.15, 0.2) is 36.4 Å². The molecule has 1 atom stereocenters. The van der Waals surface area contributed by atoms with Crippen molar-refractivity contribution in [1.82, 2.24) is 0 Å². The fraction of sp³-hybridized carbons (Fsp3) is 0.250. The molecule has 0 spiro atoms. The first-order valence-corrected chi connectivity index (χ1v) is 7.03. The van der Waals surface area contributed by atoms with E-state index in [1.54, 1.807) is 18.2 Å².